The molecule has 1 aromatic heterocycles. The quantitative estimate of drug-likeness (QED) is 0.611. The molecule has 1 fully saturated rings. The zero-order valence-corrected chi connectivity index (χ0v) is 12.2. The number of primary sulfonamides is 1. The van der Waals surface area contributed by atoms with Gasteiger partial charge in [0.1, 0.15) is 5.69 Å². The Hall–Kier alpha value is -1.94. The van der Waals surface area contributed by atoms with Crippen molar-refractivity contribution in [2.45, 2.75) is 18.1 Å². The van der Waals surface area contributed by atoms with Gasteiger partial charge in [0, 0.05) is 26.2 Å². The van der Waals surface area contributed by atoms with Crippen LogP contribution in [0.1, 0.15) is 23.3 Å². The molecule has 21 heavy (non-hydrogen) atoms. The molecule has 1 aliphatic rings. The largest absolute Gasteiger partial charge is 0.340 e. The molecule has 0 bridgehead atoms. The van der Waals surface area contributed by atoms with E-state index in [1.807, 2.05) is 0 Å². The fourth-order valence-corrected chi connectivity index (χ4v) is 3.30. The second-order valence-electron chi connectivity index (χ2n) is 5.06. The minimum atomic E-state index is -3.70. The van der Waals surface area contributed by atoms with Crippen molar-refractivity contribution in [3.63, 3.8) is 0 Å². The second kappa shape index (κ2) is 5.45. The molecule has 1 aliphatic heterocycles. The zero-order valence-electron chi connectivity index (χ0n) is 11.4. The highest BCUT2D eigenvalue weighted by Gasteiger charge is 2.32. The molecule has 0 saturated carbocycles. The number of nitrogens with zero attached hydrogens (tertiary/aromatic N) is 3. The van der Waals surface area contributed by atoms with Crippen LogP contribution in [0, 0.1) is 10.1 Å². The van der Waals surface area contributed by atoms with Gasteiger partial charge in [-0.1, -0.05) is 0 Å². The summed E-state index contributed by atoms with van der Waals surface area (Å²) in [6, 6.07) is 1.18. The summed E-state index contributed by atoms with van der Waals surface area (Å²) < 4.78 is 24.2. The van der Waals surface area contributed by atoms with Gasteiger partial charge >= 0.3 is 0 Å². The van der Waals surface area contributed by atoms with Crippen LogP contribution >= 0.6 is 0 Å². The van der Waals surface area contributed by atoms with Crippen LogP contribution in [-0.2, 0) is 17.1 Å². The van der Waals surface area contributed by atoms with Crippen LogP contribution in [0.4, 0.5) is 5.69 Å². The van der Waals surface area contributed by atoms with Crippen LogP contribution in [-0.4, -0.2) is 47.1 Å². The lowest BCUT2D eigenvalue weighted by molar-refractivity contribution is -0.384. The third-order valence-corrected chi connectivity index (χ3v) is 4.86. The van der Waals surface area contributed by atoms with E-state index in [1.165, 1.54) is 28.8 Å². The number of hydrogen-bond donors (Lipinski definition) is 1. The molecule has 0 aromatic carbocycles. The van der Waals surface area contributed by atoms with Crippen LogP contribution in [0.3, 0.4) is 0 Å². The van der Waals surface area contributed by atoms with E-state index in [0.717, 1.165) is 0 Å². The predicted octanol–water partition coefficient (Wildman–Crippen LogP) is -0.174. The summed E-state index contributed by atoms with van der Waals surface area (Å²) in [6.07, 6.45) is 2.18. The van der Waals surface area contributed by atoms with Crippen molar-refractivity contribution in [1.29, 1.82) is 0 Å². The summed E-state index contributed by atoms with van der Waals surface area (Å²) in [5, 5.41) is 15.1. The van der Waals surface area contributed by atoms with E-state index in [0.29, 0.717) is 19.4 Å². The summed E-state index contributed by atoms with van der Waals surface area (Å²) >= 11 is 0. The fourth-order valence-electron chi connectivity index (χ4n) is 2.41. The Morgan fingerprint density at radius 3 is 2.71 bits per heavy atom. The first-order valence-electron chi connectivity index (χ1n) is 6.32. The van der Waals surface area contributed by atoms with E-state index in [9.17, 15) is 23.3 Å². The van der Waals surface area contributed by atoms with Gasteiger partial charge in [-0.25, -0.2) is 13.6 Å². The average Bonchev–Trinajstić information content (AvgIpc) is 2.79. The summed E-state index contributed by atoms with van der Waals surface area (Å²) in [5.74, 6) is -0.432. The van der Waals surface area contributed by atoms with Gasteiger partial charge in [-0.05, 0) is 12.8 Å². The van der Waals surface area contributed by atoms with Gasteiger partial charge in [-0.2, -0.15) is 0 Å². The lowest BCUT2D eigenvalue weighted by atomic mass is 10.1. The average molecular weight is 316 g/mol. The molecule has 2 rings (SSSR count). The Morgan fingerprint density at radius 1 is 1.52 bits per heavy atom. The Labute approximate surface area is 121 Å². The van der Waals surface area contributed by atoms with Crippen molar-refractivity contribution in [2.75, 3.05) is 13.1 Å². The third-order valence-electron chi connectivity index (χ3n) is 3.55. The number of nitrogens with two attached hydrogens (primary N) is 1. The van der Waals surface area contributed by atoms with Crippen LogP contribution in [0.15, 0.2) is 12.3 Å². The summed E-state index contributed by atoms with van der Waals surface area (Å²) in [5.41, 5.74) is -0.0300. The van der Waals surface area contributed by atoms with Gasteiger partial charge in [0.25, 0.3) is 11.6 Å². The summed E-state index contributed by atoms with van der Waals surface area (Å²) in [6.45, 7) is 0.417. The molecular formula is C11H16N4O5S. The molecule has 0 aliphatic carbocycles. The van der Waals surface area contributed by atoms with Crippen molar-refractivity contribution in [1.82, 2.24) is 9.47 Å². The van der Waals surface area contributed by atoms with Crippen molar-refractivity contribution in [3.05, 3.63) is 28.1 Å². The molecular weight excluding hydrogens is 300 g/mol. The monoisotopic (exact) mass is 316 g/mol. The topological polar surface area (TPSA) is 129 Å². The van der Waals surface area contributed by atoms with E-state index in [1.54, 1.807) is 0 Å². The van der Waals surface area contributed by atoms with Crippen LogP contribution in [0.5, 0.6) is 0 Å². The normalized spacial score (nSPS) is 19.5. The fraction of sp³-hybridized carbons (Fsp3) is 0.545. The Kier molecular flexibility index (Phi) is 4.01. The standard InChI is InChI=1S/C11H16N4O5S/c1-13-6-8(15(17)18)5-10(13)11(16)14-4-2-3-9(7-14)21(12,19)20/h5-6,9H,2-4,7H2,1H3,(H2,12,19,20). The Balaban J connectivity index is 2.22. The number of carbonyl (C=O) groups is 1. The van der Waals surface area contributed by atoms with Gasteiger partial charge < -0.3 is 9.47 Å². The van der Waals surface area contributed by atoms with Crippen LogP contribution in [0.25, 0.3) is 0 Å². The number of carbonyl (C=O) groups excluding carboxylic acids is 1. The number of aryl methyl sites for hydroxylation is 1. The Morgan fingerprint density at radius 2 is 2.19 bits per heavy atom. The van der Waals surface area contributed by atoms with Gasteiger partial charge in [-0.3, -0.25) is 14.9 Å². The molecule has 2 N–H and O–H groups in total. The SMILES string of the molecule is Cn1cc([N+](=O)[O-])cc1C(=O)N1CCCC(S(N)(=O)=O)C1. The van der Waals surface area contributed by atoms with Crippen LogP contribution in [0.2, 0.25) is 0 Å². The summed E-state index contributed by atoms with van der Waals surface area (Å²) in [4.78, 5) is 23.9. The van der Waals surface area contributed by atoms with Crippen molar-refractivity contribution >= 4 is 21.6 Å². The molecule has 1 unspecified atom stereocenters. The van der Waals surface area contributed by atoms with Crippen molar-refractivity contribution < 1.29 is 18.1 Å². The lowest BCUT2D eigenvalue weighted by Crippen LogP contribution is -2.47. The highest BCUT2D eigenvalue weighted by Crippen LogP contribution is 2.21. The number of aromatic nitrogens is 1. The van der Waals surface area contributed by atoms with Crippen LogP contribution < -0.4 is 5.14 Å². The molecule has 116 valence electrons. The minimum Gasteiger partial charge on any atom is -0.340 e. The number of amides is 1. The maximum absolute atomic E-state index is 12.4. The van der Waals surface area contributed by atoms with E-state index in [4.69, 9.17) is 5.14 Å². The molecule has 1 saturated heterocycles. The summed E-state index contributed by atoms with van der Waals surface area (Å²) in [7, 11) is -2.17. The molecule has 10 heteroatoms. The molecule has 0 spiro atoms. The number of hydrogen-bond acceptors (Lipinski definition) is 5. The number of sulfonamides is 1. The highest BCUT2D eigenvalue weighted by molar-refractivity contribution is 7.89. The minimum absolute atomic E-state index is 0.0106. The van der Waals surface area contributed by atoms with Crippen molar-refractivity contribution in [2.24, 2.45) is 12.2 Å². The zero-order chi connectivity index (χ0) is 15.8. The number of likely N-dealkylation sites (tertiary alicyclic amines) is 1. The number of nitro groups is 1. The Bertz CT molecular complexity index is 681. The lowest BCUT2D eigenvalue weighted by Gasteiger charge is -2.31. The first-order valence-corrected chi connectivity index (χ1v) is 7.92. The molecule has 0 radical (unpaired) electrons. The molecule has 2 heterocycles. The maximum Gasteiger partial charge on any atom is 0.287 e. The van der Waals surface area contributed by atoms with Gasteiger partial charge in [-0.15, -0.1) is 0 Å². The van der Waals surface area contributed by atoms with E-state index in [-0.39, 0.29) is 17.9 Å². The first kappa shape index (κ1) is 15.4. The second-order valence-corrected chi connectivity index (χ2v) is 6.90. The smallest absolute Gasteiger partial charge is 0.287 e. The van der Waals surface area contributed by atoms with Crippen molar-refractivity contribution in [3.8, 4) is 0 Å². The number of piperidine rings is 1. The molecule has 9 nitrogen and oxygen atoms in total. The first-order chi connectivity index (χ1) is 9.70. The van der Waals surface area contributed by atoms with Gasteiger partial charge in [0.2, 0.25) is 10.0 Å². The molecule has 1 aromatic rings. The highest BCUT2D eigenvalue weighted by atomic mass is 32.2. The number of rotatable bonds is 3. The third kappa shape index (κ3) is 3.22. The van der Waals surface area contributed by atoms with Gasteiger partial charge in [0.15, 0.2) is 0 Å². The predicted molar refractivity (Wildman–Crippen MR) is 74.1 cm³/mol. The molecule has 1 atom stereocenters. The van der Waals surface area contributed by atoms with E-state index < -0.39 is 26.1 Å². The van der Waals surface area contributed by atoms with E-state index in [2.05, 4.69) is 0 Å². The van der Waals surface area contributed by atoms with E-state index >= 15 is 0 Å². The molecule has 1 amide bonds. The van der Waals surface area contributed by atoms with Gasteiger partial charge in [0.05, 0.1) is 16.4 Å². The maximum atomic E-state index is 12.4.